The van der Waals surface area contributed by atoms with Gasteiger partial charge >= 0.3 is 0 Å². The Hall–Kier alpha value is -3.66. The number of rotatable bonds is 7. The van der Waals surface area contributed by atoms with Crippen molar-refractivity contribution in [3.63, 3.8) is 0 Å². The lowest BCUT2D eigenvalue weighted by atomic mass is 10.3. The summed E-state index contributed by atoms with van der Waals surface area (Å²) in [6.45, 7) is 2.52. The number of hydrogen-bond donors (Lipinski definition) is 2. The average Bonchev–Trinajstić information content (AvgIpc) is 2.79. The van der Waals surface area contributed by atoms with E-state index in [0.29, 0.717) is 67.0 Å². The largest absolute Gasteiger partial charge is 0.493 e. The minimum Gasteiger partial charge on any atom is -0.493 e. The van der Waals surface area contributed by atoms with E-state index < -0.39 is 0 Å². The fourth-order valence-electron chi connectivity index (χ4n) is 3.12. The first-order valence-electron chi connectivity index (χ1n) is 9.75. The second-order valence-corrected chi connectivity index (χ2v) is 6.71. The standard InChI is InChI=1S/C21H23FN6O3/c1-29-17-7-6-16(13-18(17)30-2)24-20-25-19(23-15-5-3-4-14(22)12-15)26-21(27-20)28-8-10-31-11-9-28/h3-7,12-13H,8-11H2,1-2H3,(H2,23,24,25,26,27). The summed E-state index contributed by atoms with van der Waals surface area (Å²) in [6.07, 6.45) is 0. The Bertz CT molecular complexity index is 1050. The Kier molecular flexibility index (Phi) is 6.27. The van der Waals surface area contributed by atoms with E-state index >= 15 is 0 Å². The van der Waals surface area contributed by atoms with E-state index in [1.807, 2.05) is 11.0 Å². The molecule has 0 unspecified atom stereocenters. The minimum atomic E-state index is -0.351. The zero-order valence-corrected chi connectivity index (χ0v) is 17.3. The molecular formula is C21H23FN6O3. The molecule has 1 saturated heterocycles. The van der Waals surface area contributed by atoms with Gasteiger partial charge in [-0.3, -0.25) is 0 Å². The first-order chi connectivity index (χ1) is 15.1. The Balaban J connectivity index is 1.65. The number of nitrogens with zero attached hydrogens (tertiary/aromatic N) is 4. The third kappa shape index (κ3) is 5.10. The van der Waals surface area contributed by atoms with Gasteiger partial charge in [-0.2, -0.15) is 15.0 Å². The maximum absolute atomic E-state index is 13.6. The van der Waals surface area contributed by atoms with Crippen molar-refractivity contribution < 1.29 is 18.6 Å². The van der Waals surface area contributed by atoms with E-state index in [2.05, 4.69) is 25.6 Å². The Labute approximate surface area is 179 Å². The molecule has 1 aliphatic heterocycles. The molecule has 2 heterocycles. The summed E-state index contributed by atoms with van der Waals surface area (Å²) < 4.78 is 29.7. The molecule has 9 nitrogen and oxygen atoms in total. The van der Waals surface area contributed by atoms with Gasteiger partial charge in [-0.05, 0) is 30.3 Å². The molecule has 2 aromatic carbocycles. The van der Waals surface area contributed by atoms with Crippen LogP contribution in [0.25, 0.3) is 0 Å². The van der Waals surface area contributed by atoms with E-state index in [1.54, 1.807) is 38.5 Å². The Morgan fingerprint density at radius 2 is 1.55 bits per heavy atom. The highest BCUT2D eigenvalue weighted by Crippen LogP contribution is 2.31. The molecule has 162 valence electrons. The quantitative estimate of drug-likeness (QED) is 0.590. The van der Waals surface area contributed by atoms with Crippen molar-refractivity contribution in [1.82, 2.24) is 15.0 Å². The maximum atomic E-state index is 13.6. The van der Waals surface area contributed by atoms with Gasteiger partial charge in [-0.15, -0.1) is 0 Å². The second kappa shape index (κ2) is 9.43. The van der Waals surface area contributed by atoms with E-state index in [9.17, 15) is 4.39 Å². The lowest BCUT2D eigenvalue weighted by molar-refractivity contribution is 0.122. The van der Waals surface area contributed by atoms with Gasteiger partial charge in [-0.1, -0.05) is 6.07 Å². The summed E-state index contributed by atoms with van der Waals surface area (Å²) in [6, 6.07) is 11.5. The van der Waals surface area contributed by atoms with Gasteiger partial charge in [-0.25, -0.2) is 4.39 Å². The number of halogens is 1. The number of benzene rings is 2. The Morgan fingerprint density at radius 1 is 0.871 bits per heavy atom. The molecule has 1 aliphatic rings. The van der Waals surface area contributed by atoms with Gasteiger partial charge < -0.3 is 29.7 Å². The lowest BCUT2D eigenvalue weighted by Crippen LogP contribution is -2.37. The number of ether oxygens (including phenoxy) is 3. The van der Waals surface area contributed by atoms with Gasteiger partial charge in [0.1, 0.15) is 5.82 Å². The highest BCUT2D eigenvalue weighted by Gasteiger charge is 2.17. The first kappa shape index (κ1) is 20.6. The van der Waals surface area contributed by atoms with Crippen molar-refractivity contribution >= 4 is 29.2 Å². The average molecular weight is 426 g/mol. The molecule has 10 heteroatoms. The van der Waals surface area contributed by atoms with Gasteiger partial charge in [0.25, 0.3) is 0 Å². The molecule has 1 fully saturated rings. The van der Waals surface area contributed by atoms with E-state index in [0.717, 1.165) is 0 Å². The number of nitrogens with one attached hydrogen (secondary N) is 2. The molecule has 0 radical (unpaired) electrons. The van der Waals surface area contributed by atoms with Crippen LogP contribution in [0.5, 0.6) is 11.5 Å². The third-order valence-electron chi connectivity index (χ3n) is 4.64. The molecule has 0 saturated carbocycles. The van der Waals surface area contributed by atoms with Gasteiger partial charge in [0.05, 0.1) is 27.4 Å². The number of methoxy groups -OCH3 is 2. The van der Waals surface area contributed by atoms with Crippen LogP contribution in [-0.4, -0.2) is 55.5 Å². The summed E-state index contributed by atoms with van der Waals surface area (Å²) in [5.41, 5.74) is 1.25. The van der Waals surface area contributed by atoms with Crippen LogP contribution in [0.15, 0.2) is 42.5 Å². The van der Waals surface area contributed by atoms with E-state index in [1.165, 1.54) is 12.1 Å². The third-order valence-corrected chi connectivity index (χ3v) is 4.64. The van der Waals surface area contributed by atoms with Crippen LogP contribution in [0.3, 0.4) is 0 Å². The van der Waals surface area contributed by atoms with Crippen molar-refractivity contribution in [1.29, 1.82) is 0 Å². The first-order valence-corrected chi connectivity index (χ1v) is 9.75. The topological polar surface area (TPSA) is 93.7 Å². The summed E-state index contributed by atoms with van der Waals surface area (Å²) in [7, 11) is 3.15. The number of aromatic nitrogens is 3. The molecular weight excluding hydrogens is 403 g/mol. The van der Waals surface area contributed by atoms with Crippen LogP contribution >= 0.6 is 0 Å². The van der Waals surface area contributed by atoms with Crippen LogP contribution in [-0.2, 0) is 4.74 Å². The zero-order chi connectivity index (χ0) is 21.6. The van der Waals surface area contributed by atoms with Crippen LogP contribution in [0.4, 0.5) is 33.6 Å². The van der Waals surface area contributed by atoms with Crippen LogP contribution in [0.2, 0.25) is 0 Å². The highest BCUT2D eigenvalue weighted by molar-refractivity contribution is 5.62. The van der Waals surface area contributed by atoms with Crippen molar-refractivity contribution in [3.8, 4) is 11.5 Å². The van der Waals surface area contributed by atoms with Crippen molar-refractivity contribution in [2.45, 2.75) is 0 Å². The minimum absolute atomic E-state index is 0.296. The molecule has 1 aromatic heterocycles. The van der Waals surface area contributed by atoms with Crippen molar-refractivity contribution in [2.75, 3.05) is 56.1 Å². The molecule has 0 atom stereocenters. The molecule has 0 bridgehead atoms. The maximum Gasteiger partial charge on any atom is 0.233 e. The number of hydrogen-bond acceptors (Lipinski definition) is 9. The molecule has 0 amide bonds. The fourth-order valence-corrected chi connectivity index (χ4v) is 3.12. The molecule has 2 N–H and O–H groups in total. The van der Waals surface area contributed by atoms with E-state index in [-0.39, 0.29) is 5.82 Å². The molecule has 31 heavy (non-hydrogen) atoms. The SMILES string of the molecule is COc1ccc(Nc2nc(Nc3cccc(F)c3)nc(N3CCOCC3)n2)cc1OC. The van der Waals surface area contributed by atoms with Gasteiger partial charge in [0, 0.05) is 30.5 Å². The van der Waals surface area contributed by atoms with Crippen molar-refractivity contribution in [2.24, 2.45) is 0 Å². The Morgan fingerprint density at radius 3 is 2.19 bits per heavy atom. The lowest BCUT2D eigenvalue weighted by Gasteiger charge is -2.27. The van der Waals surface area contributed by atoms with Crippen molar-refractivity contribution in [3.05, 3.63) is 48.3 Å². The summed E-state index contributed by atoms with van der Waals surface area (Å²) in [5.74, 6) is 1.98. The predicted molar refractivity (Wildman–Crippen MR) is 115 cm³/mol. The molecule has 0 spiro atoms. The fraction of sp³-hybridized carbons (Fsp3) is 0.286. The summed E-state index contributed by atoms with van der Waals surface area (Å²) in [5, 5.41) is 6.22. The molecule has 3 aromatic rings. The second-order valence-electron chi connectivity index (χ2n) is 6.71. The summed E-state index contributed by atoms with van der Waals surface area (Å²) in [4.78, 5) is 15.5. The van der Waals surface area contributed by atoms with Crippen LogP contribution in [0, 0.1) is 5.82 Å². The monoisotopic (exact) mass is 426 g/mol. The normalized spacial score (nSPS) is 13.6. The molecule has 0 aliphatic carbocycles. The molecule has 4 rings (SSSR count). The van der Waals surface area contributed by atoms with Gasteiger partial charge in [0.15, 0.2) is 11.5 Å². The van der Waals surface area contributed by atoms with E-state index in [4.69, 9.17) is 14.2 Å². The summed E-state index contributed by atoms with van der Waals surface area (Å²) >= 11 is 0. The highest BCUT2D eigenvalue weighted by atomic mass is 19.1. The number of morpholine rings is 1. The predicted octanol–water partition coefficient (Wildman–Crippen LogP) is 3.35. The van der Waals surface area contributed by atoms with Gasteiger partial charge in [0.2, 0.25) is 17.8 Å². The smallest absolute Gasteiger partial charge is 0.233 e. The zero-order valence-electron chi connectivity index (χ0n) is 17.3. The number of anilines is 5. The van der Waals surface area contributed by atoms with Crippen LogP contribution in [0.1, 0.15) is 0 Å². The van der Waals surface area contributed by atoms with Crippen LogP contribution < -0.4 is 25.0 Å².